The molecule has 1 saturated carbocycles. The van der Waals surface area contributed by atoms with Crippen molar-refractivity contribution < 1.29 is 4.79 Å². The Bertz CT molecular complexity index is 475. The maximum absolute atomic E-state index is 12.7. The highest BCUT2D eigenvalue weighted by Crippen LogP contribution is 2.38. The number of carbonyl (C=O) groups is 1. The van der Waals surface area contributed by atoms with Crippen LogP contribution in [0, 0.1) is 12.8 Å². The molecule has 1 aromatic heterocycles. The molecule has 0 bridgehead atoms. The first-order valence-corrected chi connectivity index (χ1v) is 7.78. The van der Waals surface area contributed by atoms with Crippen LogP contribution in [0.15, 0.2) is 0 Å². The Hall–Kier alpha value is -1.01. The third-order valence-electron chi connectivity index (χ3n) is 4.39. The number of hydrogen-bond donors (Lipinski definition) is 1. The van der Waals surface area contributed by atoms with Crippen molar-refractivity contribution in [2.24, 2.45) is 5.92 Å². The molecule has 0 aromatic carbocycles. The van der Waals surface area contributed by atoms with Gasteiger partial charge in [0.05, 0.1) is 6.04 Å². The Morgan fingerprint density at radius 1 is 1.32 bits per heavy atom. The predicted molar refractivity (Wildman–Crippen MR) is 75.3 cm³/mol. The van der Waals surface area contributed by atoms with Crippen molar-refractivity contribution in [1.29, 1.82) is 0 Å². The second kappa shape index (κ2) is 5.17. The lowest BCUT2D eigenvalue weighted by molar-refractivity contribution is -0.120. The largest absolute Gasteiger partial charge is 0.309 e. The van der Waals surface area contributed by atoms with Gasteiger partial charge in [-0.1, -0.05) is 6.42 Å². The van der Waals surface area contributed by atoms with Gasteiger partial charge in [0.15, 0.2) is 0 Å². The SMILES string of the molecule is CNC1CCC2CCCC2N(c2nsc(C)n2)C1=O. The summed E-state index contributed by atoms with van der Waals surface area (Å²) in [5.41, 5.74) is 0. The second-order valence-electron chi connectivity index (χ2n) is 5.50. The zero-order valence-corrected chi connectivity index (χ0v) is 12.2. The van der Waals surface area contributed by atoms with E-state index >= 15 is 0 Å². The van der Waals surface area contributed by atoms with Crippen LogP contribution in [-0.2, 0) is 4.79 Å². The summed E-state index contributed by atoms with van der Waals surface area (Å²) in [5, 5.41) is 4.07. The van der Waals surface area contributed by atoms with Gasteiger partial charge in [0.25, 0.3) is 0 Å². The molecule has 3 unspecified atom stereocenters. The molecule has 0 radical (unpaired) electrons. The smallest absolute Gasteiger partial charge is 0.246 e. The van der Waals surface area contributed by atoms with Crippen LogP contribution in [0.4, 0.5) is 5.95 Å². The molecule has 1 saturated heterocycles. The number of nitrogens with zero attached hydrogens (tertiary/aromatic N) is 3. The van der Waals surface area contributed by atoms with Crippen molar-refractivity contribution in [1.82, 2.24) is 14.7 Å². The van der Waals surface area contributed by atoms with Crippen LogP contribution in [0.5, 0.6) is 0 Å². The third-order valence-corrected chi connectivity index (χ3v) is 5.00. The normalized spacial score (nSPS) is 31.4. The quantitative estimate of drug-likeness (QED) is 0.896. The molecular formula is C13H20N4OS. The van der Waals surface area contributed by atoms with E-state index < -0.39 is 0 Å². The van der Waals surface area contributed by atoms with E-state index in [4.69, 9.17) is 0 Å². The van der Waals surface area contributed by atoms with E-state index in [1.165, 1.54) is 24.4 Å². The molecule has 1 aliphatic heterocycles. The monoisotopic (exact) mass is 280 g/mol. The summed E-state index contributed by atoms with van der Waals surface area (Å²) in [6.07, 6.45) is 5.59. The summed E-state index contributed by atoms with van der Waals surface area (Å²) in [6, 6.07) is 0.217. The first kappa shape index (κ1) is 13.0. The molecule has 5 nitrogen and oxygen atoms in total. The molecule has 1 amide bonds. The lowest BCUT2D eigenvalue weighted by Crippen LogP contribution is -2.49. The van der Waals surface area contributed by atoms with Crippen LogP contribution in [0.2, 0.25) is 0 Å². The summed E-state index contributed by atoms with van der Waals surface area (Å²) in [6.45, 7) is 1.94. The van der Waals surface area contributed by atoms with Crippen LogP contribution in [0.1, 0.15) is 37.1 Å². The first-order chi connectivity index (χ1) is 9.20. The van der Waals surface area contributed by atoms with E-state index in [-0.39, 0.29) is 11.9 Å². The average Bonchev–Trinajstić information content (AvgIpc) is 2.99. The first-order valence-electron chi connectivity index (χ1n) is 7.01. The Balaban J connectivity index is 1.97. The van der Waals surface area contributed by atoms with Gasteiger partial charge in [0, 0.05) is 6.04 Å². The standard InChI is InChI=1S/C13H20N4OS/c1-8-15-13(16-19-8)17-11-5-3-4-9(11)6-7-10(14-2)12(17)18/h9-11,14H,3-7H2,1-2H3. The van der Waals surface area contributed by atoms with E-state index in [1.807, 2.05) is 18.9 Å². The molecule has 2 heterocycles. The Kier molecular flexibility index (Phi) is 3.54. The number of hydrogen-bond acceptors (Lipinski definition) is 5. The topological polar surface area (TPSA) is 58.1 Å². The molecule has 1 aromatic rings. The van der Waals surface area contributed by atoms with Crippen molar-refractivity contribution in [2.45, 2.75) is 51.1 Å². The van der Waals surface area contributed by atoms with E-state index in [0.717, 1.165) is 24.3 Å². The maximum Gasteiger partial charge on any atom is 0.246 e. The molecule has 1 aliphatic carbocycles. The highest BCUT2D eigenvalue weighted by Gasteiger charge is 2.42. The zero-order chi connectivity index (χ0) is 13.4. The fourth-order valence-electron chi connectivity index (χ4n) is 3.43. The van der Waals surface area contributed by atoms with E-state index in [9.17, 15) is 4.79 Å². The number of aryl methyl sites for hydroxylation is 1. The van der Waals surface area contributed by atoms with Crippen LogP contribution < -0.4 is 10.2 Å². The van der Waals surface area contributed by atoms with E-state index in [2.05, 4.69) is 14.7 Å². The van der Waals surface area contributed by atoms with Crippen LogP contribution in [0.25, 0.3) is 0 Å². The number of likely N-dealkylation sites (N-methyl/N-ethyl adjacent to an activating group) is 1. The molecule has 3 atom stereocenters. The number of amides is 1. The molecule has 3 rings (SSSR count). The van der Waals surface area contributed by atoms with Crippen molar-refractivity contribution in [3.8, 4) is 0 Å². The van der Waals surface area contributed by atoms with Gasteiger partial charge in [-0.25, -0.2) is 4.98 Å². The lowest BCUT2D eigenvalue weighted by Gasteiger charge is -2.29. The molecule has 104 valence electrons. The fraction of sp³-hybridized carbons (Fsp3) is 0.769. The van der Waals surface area contributed by atoms with Gasteiger partial charge >= 0.3 is 0 Å². The minimum Gasteiger partial charge on any atom is -0.309 e. The van der Waals surface area contributed by atoms with Crippen LogP contribution in [-0.4, -0.2) is 34.4 Å². The Morgan fingerprint density at radius 2 is 2.16 bits per heavy atom. The van der Waals surface area contributed by atoms with Crippen molar-refractivity contribution in [3.63, 3.8) is 0 Å². The zero-order valence-electron chi connectivity index (χ0n) is 11.4. The van der Waals surface area contributed by atoms with Crippen molar-refractivity contribution in [3.05, 3.63) is 5.01 Å². The number of aromatic nitrogens is 2. The van der Waals surface area contributed by atoms with E-state index in [0.29, 0.717) is 17.9 Å². The molecule has 2 fully saturated rings. The molecule has 1 N–H and O–H groups in total. The van der Waals surface area contributed by atoms with Gasteiger partial charge < -0.3 is 5.32 Å². The van der Waals surface area contributed by atoms with E-state index in [1.54, 1.807) is 0 Å². The third kappa shape index (κ3) is 2.27. The van der Waals surface area contributed by atoms with Gasteiger partial charge in [-0.3, -0.25) is 9.69 Å². The van der Waals surface area contributed by atoms with Crippen LogP contribution in [0.3, 0.4) is 0 Å². The minimum atomic E-state index is -0.0885. The number of rotatable bonds is 2. The van der Waals surface area contributed by atoms with Gasteiger partial charge in [-0.15, -0.1) is 0 Å². The van der Waals surface area contributed by atoms with Gasteiger partial charge in [-0.05, 0) is 57.1 Å². The fourth-order valence-corrected chi connectivity index (χ4v) is 3.90. The van der Waals surface area contributed by atoms with Gasteiger partial charge in [0.1, 0.15) is 5.01 Å². The molecule has 0 spiro atoms. The molecule has 2 aliphatic rings. The van der Waals surface area contributed by atoms with Gasteiger partial charge in [0.2, 0.25) is 11.9 Å². The highest BCUT2D eigenvalue weighted by molar-refractivity contribution is 7.05. The van der Waals surface area contributed by atoms with Gasteiger partial charge in [-0.2, -0.15) is 4.37 Å². The number of carbonyl (C=O) groups excluding carboxylic acids is 1. The van der Waals surface area contributed by atoms with Crippen LogP contribution >= 0.6 is 11.5 Å². The Morgan fingerprint density at radius 3 is 2.84 bits per heavy atom. The lowest BCUT2D eigenvalue weighted by atomic mass is 9.97. The van der Waals surface area contributed by atoms with Crippen molar-refractivity contribution >= 4 is 23.4 Å². The van der Waals surface area contributed by atoms with Crippen molar-refractivity contribution in [2.75, 3.05) is 11.9 Å². The number of nitrogens with one attached hydrogen (secondary N) is 1. The summed E-state index contributed by atoms with van der Waals surface area (Å²) in [5.74, 6) is 1.38. The summed E-state index contributed by atoms with van der Waals surface area (Å²) < 4.78 is 4.37. The highest BCUT2D eigenvalue weighted by atomic mass is 32.1. The minimum absolute atomic E-state index is 0.0885. The predicted octanol–water partition coefficient (Wildman–Crippen LogP) is 1.73. The molecule has 19 heavy (non-hydrogen) atoms. The maximum atomic E-state index is 12.7. The molecule has 6 heteroatoms. The number of anilines is 1. The summed E-state index contributed by atoms with van der Waals surface area (Å²) in [7, 11) is 1.86. The summed E-state index contributed by atoms with van der Waals surface area (Å²) in [4.78, 5) is 19.0. The summed E-state index contributed by atoms with van der Waals surface area (Å²) >= 11 is 1.37. The average molecular weight is 280 g/mol. The molecular weight excluding hydrogens is 260 g/mol. The Labute approximate surface area is 117 Å². The number of fused-ring (bicyclic) bond motifs is 1. The second-order valence-corrected chi connectivity index (χ2v) is 6.45.